The van der Waals surface area contributed by atoms with Crippen molar-refractivity contribution >= 4 is 15.9 Å². The normalized spacial score (nSPS) is 19.7. The predicted octanol–water partition coefficient (Wildman–Crippen LogP) is 2.96. The van der Waals surface area contributed by atoms with E-state index in [-0.39, 0.29) is 30.2 Å². The number of carbonyl (C=O) groups excluding carboxylic acids is 1. The summed E-state index contributed by atoms with van der Waals surface area (Å²) in [7, 11) is -1.63. The average molecular weight is 397 g/mol. The molecule has 0 unspecified atom stereocenters. The summed E-state index contributed by atoms with van der Waals surface area (Å²) in [4.78, 5) is 12.9. The molecule has 1 aromatic rings. The molecule has 1 fully saturated rings. The summed E-state index contributed by atoms with van der Waals surface area (Å²) < 4.78 is 31.0. The molecule has 0 radical (unpaired) electrons. The van der Waals surface area contributed by atoms with Gasteiger partial charge in [-0.1, -0.05) is 26.0 Å². The summed E-state index contributed by atoms with van der Waals surface area (Å²) in [6.07, 6.45) is 2.26. The standard InChI is InChI=1S/C20H32N2O4S/c1-5-27(24,25)22-12-6-7-17(14-22)20(23)21-19(13-15(2)3)16-8-10-18(26-4)11-9-16/h8-11,15,17,19H,5-7,12-14H2,1-4H3,(H,21,23)/t17-,19+/m1/s1. The number of methoxy groups -OCH3 is 1. The molecule has 1 N–H and O–H groups in total. The van der Waals surface area contributed by atoms with Crippen molar-refractivity contribution in [1.82, 2.24) is 9.62 Å². The van der Waals surface area contributed by atoms with Crippen molar-refractivity contribution in [2.24, 2.45) is 11.8 Å². The Morgan fingerprint density at radius 2 is 1.96 bits per heavy atom. The van der Waals surface area contributed by atoms with Crippen LogP contribution >= 0.6 is 0 Å². The maximum atomic E-state index is 12.9. The topological polar surface area (TPSA) is 75.7 Å². The quantitative estimate of drug-likeness (QED) is 0.733. The highest BCUT2D eigenvalue weighted by Crippen LogP contribution is 2.26. The van der Waals surface area contributed by atoms with E-state index in [9.17, 15) is 13.2 Å². The fourth-order valence-corrected chi connectivity index (χ4v) is 4.65. The van der Waals surface area contributed by atoms with Crippen LogP contribution in [-0.4, -0.2) is 44.6 Å². The Bertz CT molecular complexity index is 716. The molecule has 0 aromatic heterocycles. The fourth-order valence-electron chi connectivity index (χ4n) is 3.47. The van der Waals surface area contributed by atoms with Crippen LogP contribution in [-0.2, 0) is 14.8 Å². The molecule has 1 aliphatic rings. The van der Waals surface area contributed by atoms with Crippen LogP contribution in [0.25, 0.3) is 0 Å². The summed E-state index contributed by atoms with van der Waals surface area (Å²) in [5.74, 6) is 0.908. The van der Waals surface area contributed by atoms with Crippen LogP contribution in [0.15, 0.2) is 24.3 Å². The molecule has 27 heavy (non-hydrogen) atoms. The summed E-state index contributed by atoms with van der Waals surface area (Å²) in [5, 5.41) is 3.16. The van der Waals surface area contributed by atoms with Crippen molar-refractivity contribution in [3.63, 3.8) is 0 Å². The lowest BCUT2D eigenvalue weighted by Gasteiger charge is -2.32. The Morgan fingerprint density at radius 1 is 1.30 bits per heavy atom. The number of ether oxygens (including phenoxy) is 1. The van der Waals surface area contributed by atoms with E-state index in [0.717, 1.165) is 24.2 Å². The second-order valence-corrected chi connectivity index (χ2v) is 9.82. The van der Waals surface area contributed by atoms with E-state index in [0.29, 0.717) is 18.9 Å². The number of piperidine rings is 1. The highest BCUT2D eigenvalue weighted by atomic mass is 32.2. The number of sulfonamides is 1. The number of nitrogens with one attached hydrogen (secondary N) is 1. The van der Waals surface area contributed by atoms with Crippen LogP contribution in [0, 0.1) is 11.8 Å². The average Bonchev–Trinajstić information content (AvgIpc) is 2.67. The molecule has 1 heterocycles. The van der Waals surface area contributed by atoms with Crippen LogP contribution in [0.4, 0.5) is 0 Å². The number of rotatable bonds is 8. The minimum absolute atomic E-state index is 0.0625. The molecule has 0 bridgehead atoms. The van der Waals surface area contributed by atoms with E-state index in [4.69, 9.17) is 4.74 Å². The maximum Gasteiger partial charge on any atom is 0.224 e. The highest BCUT2D eigenvalue weighted by Gasteiger charge is 2.32. The van der Waals surface area contributed by atoms with Gasteiger partial charge in [-0.05, 0) is 49.8 Å². The molecule has 1 aliphatic heterocycles. The van der Waals surface area contributed by atoms with E-state index < -0.39 is 10.0 Å². The van der Waals surface area contributed by atoms with Gasteiger partial charge in [-0.25, -0.2) is 12.7 Å². The van der Waals surface area contributed by atoms with Gasteiger partial charge in [0.2, 0.25) is 15.9 Å². The molecule has 0 aliphatic carbocycles. The van der Waals surface area contributed by atoms with E-state index >= 15 is 0 Å². The SMILES string of the molecule is CCS(=O)(=O)N1CCC[C@@H](C(=O)N[C@@H](CC(C)C)c2ccc(OC)cc2)C1. The summed E-state index contributed by atoms with van der Waals surface area (Å²) in [6, 6.07) is 7.64. The number of nitrogens with zero attached hydrogens (tertiary/aromatic N) is 1. The Hall–Kier alpha value is -1.60. The van der Waals surface area contributed by atoms with E-state index in [1.165, 1.54) is 4.31 Å². The maximum absolute atomic E-state index is 12.9. The van der Waals surface area contributed by atoms with Gasteiger partial charge in [0.15, 0.2) is 0 Å². The molecule has 1 amide bonds. The lowest BCUT2D eigenvalue weighted by atomic mass is 9.94. The molecular formula is C20H32N2O4S. The van der Waals surface area contributed by atoms with Crippen molar-refractivity contribution in [3.8, 4) is 5.75 Å². The number of benzene rings is 1. The molecule has 152 valence electrons. The Balaban J connectivity index is 2.10. The summed E-state index contributed by atoms with van der Waals surface area (Å²) >= 11 is 0. The van der Waals surface area contributed by atoms with Gasteiger partial charge in [0, 0.05) is 13.1 Å². The molecule has 0 spiro atoms. The van der Waals surface area contributed by atoms with Gasteiger partial charge >= 0.3 is 0 Å². The van der Waals surface area contributed by atoms with E-state index in [2.05, 4.69) is 19.2 Å². The van der Waals surface area contributed by atoms with Crippen LogP contribution in [0.5, 0.6) is 5.75 Å². The van der Waals surface area contributed by atoms with Crippen LogP contribution in [0.2, 0.25) is 0 Å². The Labute approximate surface area is 163 Å². The zero-order chi connectivity index (χ0) is 20.0. The van der Waals surface area contributed by atoms with Gasteiger partial charge in [0.25, 0.3) is 0 Å². The molecule has 0 saturated carbocycles. The first kappa shape index (κ1) is 21.7. The number of amides is 1. The second kappa shape index (κ2) is 9.55. The largest absolute Gasteiger partial charge is 0.497 e. The van der Waals surface area contributed by atoms with Crippen molar-refractivity contribution < 1.29 is 17.9 Å². The second-order valence-electron chi connectivity index (χ2n) is 7.56. The Morgan fingerprint density at radius 3 is 2.52 bits per heavy atom. The first-order valence-electron chi connectivity index (χ1n) is 9.69. The summed E-state index contributed by atoms with van der Waals surface area (Å²) in [5.41, 5.74) is 1.03. The van der Waals surface area contributed by atoms with Crippen LogP contribution < -0.4 is 10.1 Å². The molecule has 1 aromatic carbocycles. The smallest absolute Gasteiger partial charge is 0.224 e. The fraction of sp³-hybridized carbons (Fsp3) is 0.650. The minimum atomic E-state index is -3.26. The number of hydrogen-bond acceptors (Lipinski definition) is 4. The first-order valence-corrected chi connectivity index (χ1v) is 11.3. The third-order valence-electron chi connectivity index (χ3n) is 5.05. The molecule has 7 heteroatoms. The predicted molar refractivity (Wildman–Crippen MR) is 107 cm³/mol. The molecule has 1 saturated heterocycles. The van der Waals surface area contributed by atoms with E-state index in [1.807, 2.05) is 24.3 Å². The number of carbonyl (C=O) groups is 1. The third-order valence-corrected chi connectivity index (χ3v) is 6.90. The van der Waals surface area contributed by atoms with Crippen LogP contribution in [0.3, 0.4) is 0 Å². The lowest BCUT2D eigenvalue weighted by molar-refractivity contribution is -0.127. The third kappa shape index (κ3) is 5.94. The van der Waals surface area contributed by atoms with Gasteiger partial charge < -0.3 is 10.1 Å². The zero-order valence-corrected chi connectivity index (χ0v) is 17.6. The zero-order valence-electron chi connectivity index (χ0n) is 16.8. The highest BCUT2D eigenvalue weighted by molar-refractivity contribution is 7.89. The van der Waals surface area contributed by atoms with Crippen LogP contribution in [0.1, 0.15) is 51.6 Å². The minimum Gasteiger partial charge on any atom is -0.497 e. The molecule has 2 atom stereocenters. The Kier molecular flexibility index (Phi) is 7.68. The van der Waals surface area contributed by atoms with Crippen molar-refractivity contribution in [1.29, 1.82) is 0 Å². The van der Waals surface area contributed by atoms with Gasteiger partial charge in [-0.2, -0.15) is 0 Å². The lowest BCUT2D eigenvalue weighted by Crippen LogP contribution is -2.46. The van der Waals surface area contributed by atoms with Gasteiger partial charge in [-0.15, -0.1) is 0 Å². The molecule has 2 rings (SSSR count). The van der Waals surface area contributed by atoms with Crippen molar-refractivity contribution in [3.05, 3.63) is 29.8 Å². The summed E-state index contributed by atoms with van der Waals surface area (Å²) in [6.45, 7) is 6.67. The van der Waals surface area contributed by atoms with Gasteiger partial charge in [0.1, 0.15) is 5.75 Å². The van der Waals surface area contributed by atoms with E-state index in [1.54, 1.807) is 14.0 Å². The van der Waals surface area contributed by atoms with Gasteiger partial charge in [-0.3, -0.25) is 4.79 Å². The molecular weight excluding hydrogens is 364 g/mol. The van der Waals surface area contributed by atoms with Gasteiger partial charge in [0.05, 0.1) is 24.8 Å². The number of hydrogen-bond donors (Lipinski definition) is 1. The monoisotopic (exact) mass is 396 g/mol. The van der Waals surface area contributed by atoms with Crippen molar-refractivity contribution in [2.45, 2.75) is 46.1 Å². The molecule has 6 nitrogen and oxygen atoms in total. The van der Waals surface area contributed by atoms with Crippen molar-refractivity contribution in [2.75, 3.05) is 26.0 Å². The first-order chi connectivity index (χ1) is 12.8.